The minimum absolute atomic E-state index is 0.364. The molecule has 0 saturated heterocycles. The molecule has 0 saturated carbocycles. The zero-order valence-electron chi connectivity index (χ0n) is 8.48. The fraction of sp³-hybridized carbons (Fsp3) is 0.625. The molecule has 0 radical (unpaired) electrons. The Balaban J connectivity index is 3.93. The van der Waals surface area contributed by atoms with Crippen molar-refractivity contribution in [3.05, 3.63) is 0 Å². The van der Waals surface area contributed by atoms with Gasteiger partial charge in [-0.05, 0) is 6.92 Å². The average Bonchev–Trinajstić information content (AvgIpc) is 2.12. The van der Waals surface area contributed by atoms with E-state index < -0.39 is 30.6 Å². The van der Waals surface area contributed by atoms with Crippen molar-refractivity contribution < 1.29 is 24.6 Å². The number of nitrogens with one attached hydrogen (secondary N) is 2. The lowest BCUT2D eigenvalue weighted by atomic mass is 10.3. The molecule has 7 heteroatoms. The Kier molecular flexibility index (Phi) is 5.32. The van der Waals surface area contributed by atoms with Crippen LogP contribution in [0, 0.1) is 0 Å². The maximum Gasteiger partial charge on any atom is 0.334 e. The highest BCUT2D eigenvalue weighted by Gasteiger charge is 2.17. The molecule has 0 aromatic carbocycles. The van der Waals surface area contributed by atoms with E-state index in [0.29, 0.717) is 0 Å². The number of aliphatic hydroxyl groups is 1. The Bertz CT molecular complexity index is 266. The van der Waals surface area contributed by atoms with Crippen LogP contribution in [0.3, 0.4) is 0 Å². The largest absolute Gasteiger partial charge is 0.479 e. The first-order valence-electron chi connectivity index (χ1n) is 4.30. The van der Waals surface area contributed by atoms with Crippen LogP contribution in [-0.2, 0) is 14.4 Å². The summed E-state index contributed by atoms with van der Waals surface area (Å²) in [5.74, 6) is -2.33. The summed E-state index contributed by atoms with van der Waals surface area (Å²) in [5.41, 5.74) is 0. The molecule has 0 heterocycles. The van der Waals surface area contributed by atoms with Crippen LogP contribution in [0.5, 0.6) is 0 Å². The van der Waals surface area contributed by atoms with Gasteiger partial charge in [-0.25, -0.2) is 4.79 Å². The van der Waals surface area contributed by atoms with Crippen molar-refractivity contribution >= 4 is 17.8 Å². The van der Waals surface area contributed by atoms with Gasteiger partial charge in [-0.3, -0.25) is 9.59 Å². The molecule has 0 aromatic rings. The van der Waals surface area contributed by atoms with E-state index in [-0.39, 0.29) is 5.91 Å². The van der Waals surface area contributed by atoms with Gasteiger partial charge < -0.3 is 20.8 Å². The minimum Gasteiger partial charge on any atom is -0.479 e. The summed E-state index contributed by atoms with van der Waals surface area (Å²) in [6, 6.07) is -0.761. The summed E-state index contributed by atoms with van der Waals surface area (Å²) in [7, 11) is 0. The van der Waals surface area contributed by atoms with Crippen LogP contribution in [0.15, 0.2) is 0 Å². The molecular formula is C8H14N2O5. The normalized spacial score (nSPS) is 13.8. The summed E-state index contributed by atoms with van der Waals surface area (Å²) < 4.78 is 0. The van der Waals surface area contributed by atoms with E-state index in [2.05, 4.69) is 10.6 Å². The zero-order chi connectivity index (χ0) is 12.0. The van der Waals surface area contributed by atoms with Crippen LogP contribution >= 0.6 is 0 Å². The molecule has 0 rings (SSSR count). The summed E-state index contributed by atoms with van der Waals surface area (Å²) in [5, 5.41) is 21.6. The van der Waals surface area contributed by atoms with Crippen LogP contribution in [0.25, 0.3) is 0 Å². The van der Waals surface area contributed by atoms with E-state index in [1.54, 1.807) is 0 Å². The molecule has 0 spiro atoms. The zero-order valence-corrected chi connectivity index (χ0v) is 8.48. The molecule has 0 bridgehead atoms. The van der Waals surface area contributed by atoms with E-state index in [9.17, 15) is 14.4 Å². The first-order chi connectivity index (χ1) is 6.84. The smallest absolute Gasteiger partial charge is 0.334 e. The predicted octanol–water partition coefficient (Wildman–Crippen LogP) is -1.93. The van der Waals surface area contributed by atoms with Crippen molar-refractivity contribution in [2.75, 3.05) is 6.54 Å². The van der Waals surface area contributed by atoms with E-state index in [1.807, 2.05) is 0 Å². The number of amides is 2. The van der Waals surface area contributed by atoms with Gasteiger partial charge >= 0.3 is 5.97 Å². The molecule has 7 nitrogen and oxygen atoms in total. The van der Waals surface area contributed by atoms with Gasteiger partial charge in [0.2, 0.25) is 11.8 Å². The minimum atomic E-state index is -1.64. The molecule has 1 unspecified atom stereocenters. The highest BCUT2D eigenvalue weighted by molar-refractivity contribution is 5.86. The third-order valence-corrected chi connectivity index (χ3v) is 1.57. The third kappa shape index (κ3) is 5.63. The highest BCUT2D eigenvalue weighted by atomic mass is 16.4. The molecule has 0 fully saturated rings. The lowest BCUT2D eigenvalue weighted by Crippen LogP contribution is -2.47. The number of carboxylic acid groups (broad SMARTS) is 1. The maximum atomic E-state index is 11.2. The standard InChI is InChI=1S/C8H14N2O5/c1-4(10-5(2)11)7(13)9-3-6(12)8(14)15/h4,6,12H,3H2,1-2H3,(H,9,13)(H,10,11)(H,14,15)/t4?,6-/m0/s1. The second-order valence-corrected chi connectivity index (χ2v) is 3.02. The summed E-state index contributed by atoms with van der Waals surface area (Å²) in [4.78, 5) is 31.9. The van der Waals surface area contributed by atoms with Crippen molar-refractivity contribution in [3.8, 4) is 0 Å². The Morgan fingerprint density at radius 1 is 1.33 bits per heavy atom. The predicted molar refractivity (Wildman–Crippen MR) is 49.9 cm³/mol. The van der Waals surface area contributed by atoms with Crippen LogP contribution in [-0.4, -0.2) is 46.7 Å². The number of hydrogen-bond donors (Lipinski definition) is 4. The van der Waals surface area contributed by atoms with Crippen LogP contribution in [0.4, 0.5) is 0 Å². The number of rotatable bonds is 5. The van der Waals surface area contributed by atoms with E-state index in [4.69, 9.17) is 10.2 Å². The van der Waals surface area contributed by atoms with Crippen LogP contribution < -0.4 is 10.6 Å². The van der Waals surface area contributed by atoms with E-state index in [0.717, 1.165) is 0 Å². The lowest BCUT2D eigenvalue weighted by molar-refractivity contribution is -0.146. The number of aliphatic carboxylic acids is 1. The van der Waals surface area contributed by atoms with Gasteiger partial charge in [-0.15, -0.1) is 0 Å². The molecular weight excluding hydrogens is 204 g/mol. The molecule has 0 aliphatic heterocycles. The van der Waals surface area contributed by atoms with E-state index >= 15 is 0 Å². The topological polar surface area (TPSA) is 116 Å². The van der Waals surface area contributed by atoms with E-state index in [1.165, 1.54) is 13.8 Å². The molecule has 0 aromatic heterocycles. The first kappa shape index (κ1) is 13.4. The molecule has 0 aliphatic carbocycles. The molecule has 15 heavy (non-hydrogen) atoms. The molecule has 86 valence electrons. The SMILES string of the molecule is CC(=O)NC(C)C(=O)NC[C@H](O)C(=O)O. The Morgan fingerprint density at radius 2 is 1.87 bits per heavy atom. The fourth-order valence-corrected chi connectivity index (χ4v) is 0.808. The highest BCUT2D eigenvalue weighted by Crippen LogP contribution is 1.84. The number of hydrogen-bond acceptors (Lipinski definition) is 4. The summed E-state index contributed by atoms with van der Waals surface area (Å²) >= 11 is 0. The first-order valence-corrected chi connectivity index (χ1v) is 4.30. The fourth-order valence-electron chi connectivity index (χ4n) is 0.808. The van der Waals surface area contributed by atoms with Crippen molar-refractivity contribution in [1.82, 2.24) is 10.6 Å². The quantitative estimate of drug-likeness (QED) is 0.429. The second-order valence-electron chi connectivity index (χ2n) is 3.02. The Hall–Kier alpha value is -1.63. The number of carbonyl (C=O) groups excluding carboxylic acids is 2. The van der Waals surface area contributed by atoms with Gasteiger partial charge in [-0.2, -0.15) is 0 Å². The molecule has 2 atom stereocenters. The molecule has 0 aliphatic rings. The van der Waals surface area contributed by atoms with Crippen molar-refractivity contribution in [1.29, 1.82) is 0 Å². The molecule has 2 amide bonds. The summed E-state index contributed by atoms with van der Waals surface area (Å²) in [6.45, 7) is 2.32. The van der Waals surface area contributed by atoms with Crippen molar-refractivity contribution in [2.24, 2.45) is 0 Å². The van der Waals surface area contributed by atoms with Gasteiger partial charge in [0, 0.05) is 6.92 Å². The van der Waals surface area contributed by atoms with Crippen molar-refractivity contribution in [3.63, 3.8) is 0 Å². The number of aliphatic hydroxyl groups excluding tert-OH is 1. The third-order valence-electron chi connectivity index (χ3n) is 1.57. The van der Waals surface area contributed by atoms with Crippen LogP contribution in [0.2, 0.25) is 0 Å². The van der Waals surface area contributed by atoms with Crippen LogP contribution in [0.1, 0.15) is 13.8 Å². The number of carbonyl (C=O) groups is 3. The Labute approximate surface area is 86.5 Å². The maximum absolute atomic E-state index is 11.2. The average molecular weight is 218 g/mol. The van der Waals surface area contributed by atoms with Gasteiger partial charge in [0.25, 0.3) is 0 Å². The monoisotopic (exact) mass is 218 g/mol. The number of carboxylic acids is 1. The van der Waals surface area contributed by atoms with Gasteiger partial charge in [0.05, 0.1) is 6.54 Å². The van der Waals surface area contributed by atoms with Gasteiger partial charge in [-0.1, -0.05) is 0 Å². The molecule has 4 N–H and O–H groups in total. The lowest BCUT2D eigenvalue weighted by Gasteiger charge is -2.13. The van der Waals surface area contributed by atoms with Gasteiger partial charge in [0.15, 0.2) is 6.10 Å². The Morgan fingerprint density at radius 3 is 2.27 bits per heavy atom. The van der Waals surface area contributed by atoms with Gasteiger partial charge in [0.1, 0.15) is 6.04 Å². The van der Waals surface area contributed by atoms with Crippen molar-refractivity contribution in [2.45, 2.75) is 26.0 Å². The summed E-state index contributed by atoms with van der Waals surface area (Å²) in [6.07, 6.45) is -1.64. The second kappa shape index (κ2) is 5.97.